The number of rotatable bonds is 4. The minimum atomic E-state index is -0.950. The molecule has 20 heavy (non-hydrogen) atoms. The van der Waals surface area contributed by atoms with Gasteiger partial charge in [-0.15, -0.1) is 0 Å². The maximum atomic E-state index is 11.9. The summed E-state index contributed by atoms with van der Waals surface area (Å²) in [5, 5.41) is 11.8. The molecule has 0 fully saturated rings. The molecule has 0 unspecified atom stereocenters. The first-order valence-electron chi connectivity index (χ1n) is 6.48. The molecule has 1 aromatic carbocycles. The molecular weight excluding hydrogens is 260 g/mol. The standard InChI is InChI=1S/C14H18N2O4/c1-20-7-5-15-14(19)16-6-4-10-2-3-11(13(17)18)8-12(10)9-16/h2-3,8H,4-7,9H2,1H3,(H,15,19)(H,17,18). The van der Waals surface area contributed by atoms with Crippen molar-refractivity contribution in [2.75, 3.05) is 26.8 Å². The number of carbonyl (C=O) groups excluding carboxylic acids is 1. The lowest BCUT2D eigenvalue weighted by atomic mass is 9.97. The number of aromatic carboxylic acids is 1. The van der Waals surface area contributed by atoms with E-state index in [2.05, 4.69) is 5.32 Å². The Balaban J connectivity index is 2.03. The van der Waals surface area contributed by atoms with Crippen molar-refractivity contribution in [3.05, 3.63) is 34.9 Å². The molecular formula is C14H18N2O4. The van der Waals surface area contributed by atoms with Gasteiger partial charge < -0.3 is 20.1 Å². The summed E-state index contributed by atoms with van der Waals surface area (Å²) in [6.07, 6.45) is 0.743. The van der Waals surface area contributed by atoms with Gasteiger partial charge in [0.25, 0.3) is 0 Å². The lowest BCUT2D eigenvalue weighted by Gasteiger charge is -2.29. The van der Waals surface area contributed by atoms with Crippen LogP contribution in [0.1, 0.15) is 21.5 Å². The van der Waals surface area contributed by atoms with Crippen LogP contribution in [0, 0.1) is 0 Å². The Bertz CT molecular complexity index is 516. The minimum absolute atomic E-state index is 0.145. The molecule has 6 nitrogen and oxygen atoms in total. The van der Waals surface area contributed by atoms with Gasteiger partial charge in [0, 0.05) is 26.7 Å². The van der Waals surface area contributed by atoms with E-state index in [1.165, 1.54) is 0 Å². The highest BCUT2D eigenvalue weighted by Gasteiger charge is 2.21. The number of methoxy groups -OCH3 is 1. The highest BCUT2D eigenvalue weighted by atomic mass is 16.5. The van der Waals surface area contributed by atoms with Gasteiger partial charge in [0.2, 0.25) is 0 Å². The quantitative estimate of drug-likeness (QED) is 0.808. The number of ether oxygens (including phenoxy) is 1. The number of nitrogens with one attached hydrogen (secondary N) is 1. The van der Waals surface area contributed by atoms with E-state index in [4.69, 9.17) is 9.84 Å². The van der Waals surface area contributed by atoms with Crippen LogP contribution in [0.4, 0.5) is 4.79 Å². The molecule has 1 aliphatic rings. The number of carboxylic acid groups (broad SMARTS) is 1. The smallest absolute Gasteiger partial charge is 0.335 e. The number of hydrogen-bond acceptors (Lipinski definition) is 3. The minimum Gasteiger partial charge on any atom is -0.478 e. The zero-order valence-electron chi connectivity index (χ0n) is 11.4. The van der Waals surface area contributed by atoms with Crippen LogP contribution in [0.3, 0.4) is 0 Å². The first kappa shape index (κ1) is 14.3. The van der Waals surface area contributed by atoms with Crippen LogP contribution >= 0.6 is 0 Å². The summed E-state index contributed by atoms with van der Waals surface area (Å²) in [6, 6.07) is 4.94. The lowest BCUT2D eigenvalue weighted by Crippen LogP contribution is -2.43. The van der Waals surface area contributed by atoms with Crippen LogP contribution in [0.2, 0.25) is 0 Å². The van der Waals surface area contributed by atoms with Crippen LogP contribution in [0.5, 0.6) is 0 Å². The Kier molecular flexibility index (Phi) is 4.57. The third kappa shape index (κ3) is 3.27. The summed E-state index contributed by atoms with van der Waals surface area (Å²) >= 11 is 0. The van der Waals surface area contributed by atoms with Gasteiger partial charge in [-0.05, 0) is 29.7 Å². The highest BCUT2D eigenvalue weighted by Crippen LogP contribution is 2.20. The first-order chi connectivity index (χ1) is 9.61. The zero-order valence-corrected chi connectivity index (χ0v) is 11.4. The number of fused-ring (bicyclic) bond motifs is 1. The molecule has 108 valence electrons. The molecule has 0 saturated heterocycles. The second kappa shape index (κ2) is 6.38. The third-order valence-electron chi connectivity index (χ3n) is 3.34. The van der Waals surface area contributed by atoms with E-state index in [0.717, 1.165) is 17.5 Å². The molecule has 0 aliphatic carbocycles. The van der Waals surface area contributed by atoms with Crippen molar-refractivity contribution in [3.63, 3.8) is 0 Å². The molecule has 1 aliphatic heterocycles. The fourth-order valence-corrected chi connectivity index (χ4v) is 2.24. The van der Waals surface area contributed by atoms with E-state index in [9.17, 15) is 9.59 Å². The molecule has 2 amide bonds. The topological polar surface area (TPSA) is 78.9 Å². The number of carboxylic acids is 1. The Morgan fingerprint density at radius 3 is 2.90 bits per heavy atom. The van der Waals surface area contributed by atoms with Gasteiger partial charge in [-0.2, -0.15) is 0 Å². The Labute approximate surface area is 117 Å². The summed E-state index contributed by atoms with van der Waals surface area (Å²) in [4.78, 5) is 24.6. The molecule has 0 atom stereocenters. The predicted molar refractivity (Wildman–Crippen MR) is 72.8 cm³/mol. The fourth-order valence-electron chi connectivity index (χ4n) is 2.24. The van der Waals surface area contributed by atoms with E-state index >= 15 is 0 Å². The van der Waals surface area contributed by atoms with Gasteiger partial charge in [0.15, 0.2) is 0 Å². The number of amides is 2. The van der Waals surface area contributed by atoms with E-state index in [-0.39, 0.29) is 11.6 Å². The first-order valence-corrected chi connectivity index (χ1v) is 6.48. The van der Waals surface area contributed by atoms with Gasteiger partial charge in [-0.3, -0.25) is 0 Å². The average Bonchev–Trinajstić information content (AvgIpc) is 2.46. The van der Waals surface area contributed by atoms with Crippen molar-refractivity contribution in [2.45, 2.75) is 13.0 Å². The van der Waals surface area contributed by atoms with E-state index in [1.807, 2.05) is 6.07 Å². The van der Waals surface area contributed by atoms with Crippen molar-refractivity contribution in [2.24, 2.45) is 0 Å². The molecule has 0 aromatic heterocycles. The van der Waals surface area contributed by atoms with E-state index in [1.54, 1.807) is 24.1 Å². The van der Waals surface area contributed by atoms with E-state index < -0.39 is 5.97 Å². The van der Waals surface area contributed by atoms with Crippen LogP contribution in [0.25, 0.3) is 0 Å². The highest BCUT2D eigenvalue weighted by molar-refractivity contribution is 5.88. The van der Waals surface area contributed by atoms with Crippen LogP contribution in [-0.2, 0) is 17.7 Å². The monoisotopic (exact) mass is 278 g/mol. The van der Waals surface area contributed by atoms with Gasteiger partial charge >= 0.3 is 12.0 Å². The fraction of sp³-hybridized carbons (Fsp3) is 0.429. The molecule has 0 radical (unpaired) electrons. The lowest BCUT2D eigenvalue weighted by molar-refractivity contribution is 0.0696. The second-order valence-electron chi connectivity index (χ2n) is 4.68. The summed E-state index contributed by atoms with van der Waals surface area (Å²) in [7, 11) is 1.58. The zero-order chi connectivity index (χ0) is 14.5. The molecule has 2 N–H and O–H groups in total. The maximum Gasteiger partial charge on any atom is 0.335 e. The summed E-state index contributed by atoms with van der Waals surface area (Å²) in [6.45, 7) is 2.01. The molecule has 6 heteroatoms. The second-order valence-corrected chi connectivity index (χ2v) is 4.68. The largest absolute Gasteiger partial charge is 0.478 e. The summed E-state index contributed by atoms with van der Waals surface area (Å²) in [5.41, 5.74) is 2.26. The summed E-state index contributed by atoms with van der Waals surface area (Å²) < 4.78 is 4.88. The molecule has 2 rings (SSSR count). The van der Waals surface area contributed by atoms with Crippen molar-refractivity contribution < 1.29 is 19.4 Å². The Morgan fingerprint density at radius 2 is 2.20 bits per heavy atom. The number of benzene rings is 1. The van der Waals surface area contributed by atoms with Crippen LogP contribution < -0.4 is 5.32 Å². The SMILES string of the molecule is COCCNC(=O)N1CCc2ccc(C(=O)O)cc2C1. The molecule has 0 saturated carbocycles. The number of nitrogens with zero attached hydrogens (tertiary/aromatic N) is 1. The van der Waals surface area contributed by atoms with Gasteiger partial charge in [0.05, 0.1) is 12.2 Å². The predicted octanol–water partition coefficient (Wildman–Crippen LogP) is 1.10. The summed E-state index contributed by atoms with van der Waals surface area (Å²) in [5.74, 6) is -0.950. The normalized spacial score (nSPS) is 13.8. The number of hydrogen-bond donors (Lipinski definition) is 2. The Morgan fingerprint density at radius 1 is 1.40 bits per heavy atom. The van der Waals surface area contributed by atoms with Crippen molar-refractivity contribution >= 4 is 12.0 Å². The van der Waals surface area contributed by atoms with Crippen molar-refractivity contribution in [1.82, 2.24) is 10.2 Å². The van der Waals surface area contributed by atoms with Gasteiger partial charge in [-0.1, -0.05) is 6.07 Å². The van der Waals surface area contributed by atoms with Gasteiger partial charge in [0.1, 0.15) is 0 Å². The third-order valence-corrected chi connectivity index (χ3v) is 3.34. The number of carbonyl (C=O) groups is 2. The Hall–Kier alpha value is -2.08. The maximum absolute atomic E-state index is 11.9. The average molecular weight is 278 g/mol. The molecule has 0 spiro atoms. The van der Waals surface area contributed by atoms with Crippen molar-refractivity contribution in [3.8, 4) is 0 Å². The number of urea groups is 1. The molecule has 1 heterocycles. The van der Waals surface area contributed by atoms with Gasteiger partial charge in [-0.25, -0.2) is 9.59 Å². The van der Waals surface area contributed by atoms with Crippen LogP contribution in [0.15, 0.2) is 18.2 Å². The van der Waals surface area contributed by atoms with E-state index in [0.29, 0.717) is 26.2 Å². The molecule has 0 bridgehead atoms. The van der Waals surface area contributed by atoms with Crippen LogP contribution in [-0.4, -0.2) is 48.8 Å². The molecule has 1 aromatic rings. The van der Waals surface area contributed by atoms with Crippen molar-refractivity contribution in [1.29, 1.82) is 0 Å².